The van der Waals surface area contributed by atoms with Crippen LogP contribution in [-0.2, 0) is 4.79 Å². The van der Waals surface area contributed by atoms with Crippen molar-refractivity contribution < 1.29 is 9.90 Å². The van der Waals surface area contributed by atoms with Gasteiger partial charge in [-0.2, -0.15) is 0 Å². The number of nitrogens with one attached hydrogen (secondary N) is 2. The molecule has 1 fully saturated rings. The molecular formula is C16H22N2O2. The van der Waals surface area contributed by atoms with Gasteiger partial charge in [0.15, 0.2) is 0 Å². The van der Waals surface area contributed by atoms with E-state index in [4.69, 9.17) is 0 Å². The van der Waals surface area contributed by atoms with Gasteiger partial charge in [-0.15, -0.1) is 0 Å². The van der Waals surface area contributed by atoms with Crippen LogP contribution in [0, 0.1) is 0 Å². The molecule has 0 saturated heterocycles. The monoisotopic (exact) mass is 274 g/mol. The van der Waals surface area contributed by atoms with Gasteiger partial charge in [0.2, 0.25) is 5.91 Å². The summed E-state index contributed by atoms with van der Waals surface area (Å²) in [4.78, 5) is 12.1. The van der Waals surface area contributed by atoms with Crippen LogP contribution >= 0.6 is 0 Å². The summed E-state index contributed by atoms with van der Waals surface area (Å²) < 4.78 is 0. The highest BCUT2D eigenvalue weighted by atomic mass is 16.3. The highest BCUT2D eigenvalue weighted by Gasteiger charge is 2.32. The Labute approximate surface area is 119 Å². The molecule has 0 aromatic heterocycles. The van der Waals surface area contributed by atoms with Gasteiger partial charge in [-0.1, -0.05) is 31.0 Å². The molecule has 1 aromatic rings. The molecule has 1 saturated carbocycles. The van der Waals surface area contributed by atoms with E-state index in [1.807, 2.05) is 12.1 Å². The molecule has 1 aliphatic heterocycles. The lowest BCUT2D eigenvalue weighted by Gasteiger charge is -2.22. The maximum atomic E-state index is 12.1. The zero-order valence-electron chi connectivity index (χ0n) is 11.7. The predicted octanol–water partition coefficient (Wildman–Crippen LogP) is 2.01. The van der Waals surface area contributed by atoms with Crippen LogP contribution in [-0.4, -0.2) is 29.7 Å². The largest absolute Gasteiger partial charge is 0.388 e. The van der Waals surface area contributed by atoms with E-state index in [1.165, 1.54) is 5.56 Å². The highest BCUT2D eigenvalue weighted by molar-refractivity contribution is 5.78. The fourth-order valence-electron chi connectivity index (χ4n) is 3.31. The Kier molecular flexibility index (Phi) is 3.66. The van der Waals surface area contributed by atoms with Crippen LogP contribution in [0.15, 0.2) is 24.3 Å². The van der Waals surface area contributed by atoms with Gasteiger partial charge in [-0.05, 0) is 24.5 Å². The summed E-state index contributed by atoms with van der Waals surface area (Å²) in [6.45, 7) is 1.21. The molecular weight excluding hydrogens is 252 g/mol. The third kappa shape index (κ3) is 2.80. The lowest BCUT2D eigenvalue weighted by molar-refractivity contribution is -0.122. The molecule has 108 valence electrons. The molecule has 4 nitrogen and oxygen atoms in total. The molecule has 1 atom stereocenters. The zero-order chi connectivity index (χ0) is 14.0. The number of hydrogen-bond acceptors (Lipinski definition) is 3. The van der Waals surface area contributed by atoms with Crippen LogP contribution in [0.2, 0.25) is 0 Å². The second-order valence-corrected chi connectivity index (χ2v) is 6.08. The maximum Gasteiger partial charge on any atom is 0.220 e. The van der Waals surface area contributed by atoms with Crippen molar-refractivity contribution >= 4 is 11.6 Å². The van der Waals surface area contributed by atoms with Crippen LogP contribution in [0.25, 0.3) is 0 Å². The Morgan fingerprint density at radius 1 is 1.35 bits per heavy atom. The fraction of sp³-hybridized carbons (Fsp3) is 0.562. The molecule has 3 rings (SSSR count). The molecule has 4 heteroatoms. The molecule has 0 radical (unpaired) electrons. The lowest BCUT2D eigenvalue weighted by atomic mass is 9.97. The predicted molar refractivity (Wildman–Crippen MR) is 78.7 cm³/mol. The van der Waals surface area contributed by atoms with Crippen molar-refractivity contribution in [3.63, 3.8) is 0 Å². The number of anilines is 1. The van der Waals surface area contributed by atoms with Gasteiger partial charge in [0, 0.05) is 31.1 Å². The number of rotatable bonds is 4. The highest BCUT2D eigenvalue weighted by Crippen LogP contribution is 2.33. The fourth-order valence-corrected chi connectivity index (χ4v) is 3.31. The molecule has 2 aliphatic rings. The first-order valence-electron chi connectivity index (χ1n) is 7.48. The van der Waals surface area contributed by atoms with Gasteiger partial charge in [0.25, 0.3) is 0 Å². The number of fused-ring (bicyclic) bond motifs is 1. The van der Waals surface area contributed by atoms with Gasteiger partial charge < -0.3 is 15.7 Å². The summed E-state index contributed by atoms with van der Waals surface area (Å²) in [5, 5.41) is 16.5. The summed E-state index contributed by atoms with van der Waals surface area (Å²) in [7, 11) is 0. The average molecular weight is 274 g/mol. The summed E-state index contributed by atoms with van der Waals surface area (Å²) in [5.41, 5.74) is 1.70. The van der Waals surface area contributed by atoms with Crippen molar-refractivity contribution in [2.75, 3.05) is 18.4 Å². The minimum Gasteiger partial charge on any atom is -0.388 e. The standard InChI is InChI=1S/C16H22N2O2/c19-15(18-11-16(20)7-3-4-8-16)9-12-10-17-14-6-2-1-5-13(12)14/h1-2,5-6,12,17,20H,3-4,7-11H2,(H,18,19). The minimum absolute atomic E-state index is 0.0360. The van der Waals surface area contributed by atoms with Crippen LogP contribution in [0.5, 0.6) is 0 Å². The summed E-state index contributed by atoms with van der Waals surface area (Å²) in [6.07, 6.45) is 4.22. The third-order valence-corrected chi connectivity index (χ3v) is 4.52. The average Bonchev–Trinajstić information content (AvgIpc) is 3.05. The molecule has 1 unspecified atom stereocenters. The Balaban J connectivity index is 1.53. The molecule has 3 N–H and O–H groups in total. The normalized spacial score (nSPS) is 23.1. The van der Waals surface area contributed by atoms with Gasteiger partial charge in [-0.25, -0.2) is 0 Å². The smallest absolute Gasteiger partial charge is 0.220 e. The van der Waals surface area contributed by atoms with Crippen molar-refractivity contribution in [2.45, 2.75) is 43.6 Å². The first-order chi connectivity index (χ1) is 9.66. The van der Waals surface area contributed by atoms with Crippen LogP contribution in [0.1, 0.15) is 43.6 Å². The van der Waals surface area contributed by atoms with E-state index in [1.54, 1.807) is 0 Å². The van der Waals surface area contributed by atoms with Crippen LogP contribution in [0.3, 0.4) is 0 Å². The number of benzene rings is 1. The van der Waals surface area contributed by atoms with Gasteiger partial charge in [0.1, 0.15) is 0 Å². The van der Waals surface area contributed by atoms with Crippen LogP contribution < -0.4 is 10.6 Å². The van der Waals surface area contributed by atoms with Crippen LogP contribution in [0.4, 0.5) is 5.69 Å². The topological polar surface area (TPSA) is 61.4 Å². The van der Waals surface area contributed by atoms with Crippen molar-refractivity contribution in [1.29, 1.82) is 0 Å². The Morgan fingerprint density at radius 3 is 2.90 bits per heavy atom. The second kappa shape index (κ2) is 5.44. The van der Waals surface area contributed by atoms with Gasteiger partial charge >= 0.3 is 0 Å². The molecule has 1 aromatic carbocycles. The quantitative estimate of drug-likeness (QED) is 0.787. The summed E-state index contributed by atoms with van der Waals surface area (Å²) in [5.74, 6) is 0.276. The van der Waals surface area contributed by atoms with E-state index >= 15 is 0 Å². The molecule has 20 heavy (non-hydrogen) atoms. The summed E-state index contributed by atoms with van der Waals surface area (Å²) in [6, 6.07) is 8.15. The molecule has 0 bridgehead atoms. The first-order valence-corrected chi connectivity index (χ1v) is 7.48. The number of aliphatic hydroxyl groups is 1. The minimum atomic E-state index is -0.665. The van der Waals surface area contributed by atoms with E-state index in [2.05, 4.69) is 22.8 Å². The second-order valence-electron chi connectivity index (χ2n) is 6.08. The van der Waals surface area contributed by atoms with E-state index < -0.39 is 5.60 Å². The van der Waals surface area contributed by atoms with E-state index in [0.29, 0.717) is 13.0 Å². The van der Waals surface area contributed by atoms with E-state index in [9.17, 15) is 9.90 Å². The summed E-state index contributed by atoms with van der Waals surface area (Å²) >= 11 is 0. The van der Waals surface area contributed by atoms with E-state index in [0.717, 1.165) is 37.9 Å². The Morgan fingerprint density at radius 2 is 2.10 bits per heavy atom. The zero-order valence-corrected chi connectivity index (χ0v) is 11.7. The Bertz CT molecular complexity index is 495. The van der Waals surface area contributed by atoms with Gasteiger partial charge in [0.05, 0.1) is 5.60 Å². The molecule has 1 heterocycles. The van der Waals surface area contributed by atoms with Gasteiger partial charge in [-0.3, -0.25) is 4.79 Å². The Hall–Kier alpha value is -1.55. The SMILES string of the molecule is O=C(CC1CNc2ccccc21)NCC1(O)CCCC1. The molecule has 0 spiro atoms. The van der Waals surface area contributed by atoms with E-state index in [-0.39, 0.29) is 11.8 Å². The first kappa shape index (κ1) is 13.4. The van der Waals surface area contributed by atoms with Crippen molar-refractivity contribution in [3.8, 4) is 0 Å². The molecule has 1 aliphatic carbocycles. The number of carbonyl (C=O) groups is 1. The number of amides is 1. The van der Waals surface area contributed by atoms with Crippen molar-refractivity contribution in [2.24, 2.45) is 0 Å². The number of carbonyl (C=O) groups excluding carboxylic acids is 1. The van der Waals surface area contributed by atoms with Crippen molar-refractivity contribution in [1.82, 2.24) is 5.32 Å². The third-order valence-electron chi connectivity index (χ3n) is 4.52. The molecule has 1 amide bonds. The van der Waals surface area contributed by atoms with Crippen molar-refractivity contribution in [3.05, 3.63) is 29.8 Å². The number of hydrogen-bond donors (Lipinski definition) is 3. The number of para-hydroxylation sites is 1. The lowest BCUT2D eigenvalue weighted by Crippen LogP contribution is -2.41. The maximum absolute atomic E-state index is 12.1.